The molecule has 1 aromatic rings. The van der Waals surface area contributed by atoms with Gasteiger partial charge in [0.15, 0.2) is 0 Å². The van der Waals surface area contributed by atoms with Crippen molar-refractivity contribution in [1.82, 2.24) is 5.32 Å². The standard InChI is InChI=1S/C10H15IN2OS/c1-6(2)8(4-12)13-10(14)7-3-9(11)15-5-7/h3,5-6,8H,4,12H2,1-2H3,(H,13,14). The van der Waals surface area contributed by atoms with E-state index in [0.717, 1.165) is 8.45 Å². The van der Waals surface area contributed by atoms with Crippen LogP contribution in [0.15, 0.2) is 11.4 Å². The molecule has 0 aliphatic rings. The maximum Gasteiger partial charge on any atom is 0.252 e. The molecule has 0 aromatic carbocycles. The topological polar surface area (TPSA) is 55.1 Å². The van der Waals surface area contributed by atoms with Crippen molar-refractivity contribution in [3.63, 3.8) is 0 Å². The predicted octanol–water partition coefficient (Wildman–Crippen LogP) is 2.07. The zero-order valence-electron chi connectivity index (χ0n) is 8.79. The van der Waals surface area contributed by atoms with E-state index in [1.54, 1.807) is 11.3 Å². The molecule has 3 N–H and O–H groups in total. The molecule has 15 heavy (non-hydrogen) atoms. The van der Waals surface area contributed by atoms with Crippen LogP contribution in [0.3, 0.4) is 0 Å². The van der Waals surface area contributed by atoms with Crippen molar-refractivity contribution in [2.45, 2.75) is 19.9 Å². The molecule has 1 amide bonds. The fourth-order valence-electron chi connectivity index (χ4n) is 1.18. The van der Waals surface area contributed by atoms with Gasteiger partial charge in [0.1, 0.15) is 0 Å². The van der Waals surface area contributed by atoms with Gasteiger partial charge in [0, 0.05) is 18.0 Å². The van der Waals surface area contributed by atoms with Crippen molar-refractivity contribution in [2.24, 2.45) is 11.7 Å². The number of nitrogens with two attached hydrogens (primary N) is 1. The number of thiophene rings is 1. The lowest BCUT2D eigenvalue weighted by atomic mass is 10.0. The lowest BCUT2D eigenvalue weighted by Crippen LogP contribution is -2.43. The molecule has 0 radical (unpaired) electrons. The Morgan fingerprint density at radius 1 is 1.67 bits per heavy atom. The van der Waals surface area contributed by atoms with E-state index in [9.17, 15) is 4.79 Å². The van der Waals surface area contributed by atoms with E-state index in [2.05, 4.69) is 41.8 Å². The highest BCUT2D eigenvalue weighted by Gasteiger charge is 2.16. The Bertz CT molecular complexity index is 338. The third-order valence-corrected chi connectivity index (χ3v) is 3.99. The fourth-order valence-corrected chi connectivity index (χ4v) is 2.51. The highest BCUT2D eigenvalue weighted by molar-refractivity contribution is 14.1. The number of halogens is 1. The van der Waals surface area contributed by atoms with Crippen LogP contribution in [-0.4, -0.2) is 18.5 Å². The van der Waals surface area contributed by atoms with E-state index in [0.29, 0.717) is 12.5 Å². The number of carbonyl (C=O) groups is 1. The summed E-state index contributed by atoms with van der Waals surface area (Å²) in [5, 5.41) is 4.80. The molecular weight excluding hydrogens is 323 g/mol. The minimum Gasteiger partial charge on any atom is -0.348 e. The number of nitrogens with one attached hydrogen (secondary N) is 1. The van der Waals surface area contributed by atoms with Crippen molar-refractivity contribution in [2.75, 3.05) is 6.54 Å². The van der Waals surface area contributed by atoms with Crippen LogP contribution in [0.2, 0.25) is 0 Å². The van der Waals surface area contributed by atoms with Gasteiger partial charge in [-0.05, 0) is 34.6 Å². The average molecular weight is 338 g/mol. The third kappa shape index (κ3) is 3.73. The number of amides is 1. The van der Waals surface area contributed by atoms with Crippen LogP contribution in [0.1, 0.15) is 24.2 Å². The Morgan fingerprint density at radius 2 is 2.33 bits per heavy atom. The summed E-state index contributed by atoms with van der Waals surface area (Å²) in [6.07, 6.45) is 0. The molecule has 0 aliphatic heterocycles. The predicted molar refractivity (Wildman–Crippen MR) is 72.2 cm³/mol. The summed E-state index contributed by atoms with van der Waals surface area (Å²) in [6.45, 7) is 4.58. The molecule has 0 spiro atoms. The van der Waals surface area contributed by atoms with E-state index < -0.39 is 0 Å². The molecular formula is C10H15IN2OS. The highest BCUT2D eigenvalue weighted by Crippen LogP contribution is 2.16. The minimum absolute atomic E-state index is 0.0293. The summed E-state index contributed by atoms with van der Waals surface area (Å²) in [7, 11) is 0. The lowest BCUT2D eigenvalue weighted by Gasteiger charge is -2.19. The van der Waals surface area contributed by atoms with Gasteiger partial charge in [-0.1, -0.05) is 13.8 Å². The smallest absolute Gasteiger partial charge is 0.252 e. The SMILES string of the molecule is CC(C)C(CN)NC(=O)c1csc(I)c1. The van der Waals surface area contributed by atoms with Gasteiger partial charge in [-0.25, -0.2) is 0 Å². The van der Waals surface area contributed by atoms with Crippen molar-refractivity contribution >= 4 is 39.8 Å². The summed E-state index contributed by atoms with van der Waals surface area (Å²) >= 11 is 3.77. The molecule has 0 aliphatic carbocycles. The van der Waals surface area contributed by atoms with E-state index >= 15 is 0 Å². The zero-order valence-corrected chi connectivity index (χ0v) is 11.8. The highest BCUT2D eigenvalue weighted by atomic mass is 127. The van der Waals surface area contributed by atoms with E-state index in [1.807, 2.05) is 11.4 Å². The van der Waals surface area contributed by atoms with Crippen molar-refractivity contribution in [3.8, 4) is 0 Å². The lowest BCUT2D eigenvalue weighted by molar-refractivity contribution is 0.0928. The van der Waals surface area contributed by atoms with Crippen LogP contribution in [0.5, 0.6) is 0 Å². The van der Waals surface area contributed by atoms with Gasteiger partial charge < -0.3 is 11.1 Å². The third-order valence-electron chi connectivity index (χ3n) is 2.20. The number of rotatable bonds is 4. The molecule has 84 valence electrons. The molecule has 1 rings (SSSR count). The molecule has 0 fully saturated rings. The number of carbonyl (C=O) groups excluding carboxylic acids is 1. The molecule has 0 saturated heterocycles. The van der Waals surface area contributed by atoms with Gasteiger partial charge in [-0.15, -0.1) is 11.3 Å². The first kappa shape index (κ1) is 12.9. The maximum absolute atomic E-state index is 11.8. The van der Waals surface area contributed by atoms with E-state index in [-0.39, 0.29) is 11.9 Å². The first-order valence-corrected chi connectivity index (χ1v) is 6.75. The quantitative estimate of drug-likeness (QED) is 0.826. The van der Waals surface area contributed by atoms with Crippen LogP contribution >= 0.6 is 33.9 Å². The van der Waals surface area contributed by atoms with Crippen LogP contribution in [0, 0.1) is 8.80 Å². The van der Waals surface area contributed by atoms with E-state index in [4.69, 9.17) is 5.73 Å². The second kappa shape index (κ2) is 5.81. The van der Waals surface area contributed by atoms with Crippen molar-refractivity contribution in [1.29, 1.82) is 0 Å². The summed E-state index contributed by atoms with van der Waals surface area (Å²) in [4.78, 5) is 11.8. The molecule has 3 nitrogen and oxygen atoms in total. The molecule has 0 bridgehead atoms. The molecule has 0 saturated carbocycles. The van der Waals surface area contributed by atoms with E-state index in [1.165, 1.54) is 0 Å². The van der Waals surface area contributed by atoms with Crippen LogP contribution in [-0.2, 0) is 0 Å². The summed E-state index contributed by atoms with van der Waals surface area (Å²) in [6, 6.07) is 1.93. The van der Waals surface area contributed by atoms with Gasteiger partial charge in [0.05, 0.1) is 8.45 Å². The van der Waals surface area contributed by atoms with Gasteiger partial charge in [0.2, 0.25) is 0 Å². The second-order valence-electron chi connectivity index (χ2n) is 3.70. The molecule has 1 aromatic heterocycles. The second-order valence-corrected chi connectivity index (χ2v) is 6.50. The van der Waals surface area contributed by atoms with Crippen LogP contribution < -0.4 is 11.1 Å². The first-order valence-electron chi connectivity index (χ1n) is 4.79. The largest absolute Gasteiger partial charge is 0.348 e. The van der Waals surface area contributed by atoms with Crippen molar-refractivity contribution in [3.05, 3.63) is 19.9 Å². The molecule has 1 heterocycles. The number of hydrogen-bond acceptors (Lipinski definition) is 3. The Balaban J connectivity index is 2.62. The van der Waals surface area contributed by atoms with Crippen LogP contribution in [0.4, 0.5) is 0 Å². The fraction of sp³-hybridized carbons (Fsp3) is 0.500. The summed E-state index contributed by atoms with van der Waals surface area (Å²) in [5.74, 6) is 0.329. The molecule has 1 atom stereocenters. The Hall–Kier alpha value is -0.140. The maximum atomic E-state index is 11.8. The monoisotopic (exact) mass is 338 g/mol. The Morgan fingerprint density at radius 3 is 2.73 bits per heavy atom. The molecule has 5 heteroatoms. The summed E-state index contributed by atoms with van der Waals surface area (Å²) < 4.78 is 1.12. The average Bonchev–Trinajstić information content (AvgIpc) is 2.60. The van der Waals surface area contributed by atoms with Gasteiger partial charge in [0.25, 0.3) is 5.91 Å². The summed E-state index contributed by atoms with van der Waals surface area (Å²) in [5.41, 5.74) is 6.32. The number of hydrogen-bond donors (Lipinski definition) is 2. The normalized spacial score (nSPS) is 12.9. The van der Waals surface area contributed by atoms with Gasteiger partial charge in [-0.3, -0.25) is 4.79 Å². The first-order chi connectivity index (χ1) is 7.04. The van der Waals surface area contributed by atoms with Crippen molar-refractivity contribution < 1.29 is 4.79 Å². The Kier molecular flexibility index (Phi) is 5.01. The van der Waals surface area contributed by atoms with Crippen LogP contribution in [0.25, 0.3) is 0 Å². The molecule has 1 unspecified atom stereocenters. The minimum atomic E-state index is -0.0293. The zero-order chi connectivity index (χ0) is 11.4. The van der Waals surface area contributed by atoms with Gasteiger partial charge >= 0.3 is 0 Å². The van der Waals surface area contributed by atoms with Gasteiger partial charge in [-0.2, -0.15) is 0 Å². The Labute approximate surface area is 108 Å².